The van der Waals surface area contributed by atoms with Crippen LogP contribution in [0.25, 0.3) is 0 Å². The number of hydrogen-bond donors (Lipinski definition) is 1. The Morgan fingerprint density at radius 1 is 1.30 bits per heavy atom. The van der Waals surface area contributed by atoms with Crippen molar-refractivity contribution in [3.8, 4) is 0 Å². The molecular weight excluding hydrogens is 290 g/mol. The maximum Gasteiger partial charge on any atom is 0.133 e. The maximum absolute atomic E-state index is 5.50. The maximum atomic E-state index is 5.50. The molecule has 0 aromatic carbocycles. The zero-order valence-corrected chi connectivity index (χ0v) is 13.5. The average Bonchev–Trinajstić information content (AvgIpc) is 2.62. The van der Waals surface area contributed by atoms with Crippen LogP contribution in [-0.2, 0) is 11.2 Å². The SMILES string of the molecule is CN(CCc1ccccn1)c1cc(NC2CCCOC2)ncn1. The molecule has 2 aromatic heterocycles. The van der Waals surface area contributed by atoms with Crippen molar-refractivity contribution in [2.45, 2.75) is 25.3 Å². The molecule has 6 nitrogen and oxygen atoms in total. The van der Waals surface area contributed by atoms with Crippen LogP contribution in [0.3, 0.4) is 0 Å². The van der Waals surface area contributed by atoms with Crippen LogP contribution in [0.1, 0.15) is 18.5 Å². The van der Waals surface area contributed by atoms with Gasteiger partial charge in [0, 0.05) is 44.6 Å². The fourth-order valence-electron chi connectivity index (χ4n) is 2.64. The number of hydrogen-bond acceptors (Lipinski definition) is 6. The molecule has 3 heterocycles. The van der Waals surface area contributed by atoms with Crippen molar-refractivity contribution < 1.29 is 4.74 Å². The summed E-state index contributed by atoms with van der Waals surface area (Å²) in [7, 11) is 2.04. The van der Waals surface area contributed by atoms with Gasteiger partial charge in [-0.15, -0.1) is 0 Å². The highest BCUT2D eigenvalue weighted by molar-refractivity contribution is 5.48. The zero-order chi connectivity index (χ0) is 15.9. The number of pyridine rings is 1. The van der Waals surface area contributed by atoms with E-state index in [-0.39, 0.29) is 0 Å². The Balaban J connectivity index is 1.57. The molecule has 0 bridgehead atoms. The third-order valence-electron chi connectivity index (χ3n) is 3.99. The number of ether oxygens (including phenoxy) is 1. The first-order valence-electron chi connectivity index (χ1n) is 8.08. The molecule has 0 saturated carbocycles. The highest BCUT2D eigenvalue weighted by Crippen LogP contribution is 2.16. The molecule has 1 saturated heterocycles. The normalized spacial score (nSPS) is 17.7. The zero-order valence-electron chi connectivity index (χ0n) is 13.5. The van der Waals surface area contributed by atoms with E-state index >= 15 is 0 Å². The third kappa shape index (κ3) is 4.63. The van der Waals surface area contributed by atoms with Crippen molar-refractivity contribution in [3.63, 3.8) is 0 Å². The Morgan fingerprint density at radius 2 is 2.26 bits per heavy atom. The van der Waals surface area contributed by atoms with Gasteiger partial charge in [-0.3, -0.25) is 4.98 Å². The van der Waals surface area contributed by atoms with Crippen LogP contribution in [0, 0.1) is 0 Å². The van der Waals surface area contributed by atoms with E-state index in [9.17, 15) is 0 Å². The van der Waals surface area contributed by atoms with Crippen LogP contribution in [0.5, 0.6) is 0 Å². The smallest absolute Gasteiger partial charge is 0.133 e. The first-order valence-corrected chi connectivity index (χ1v) is 8.08. The first-order chi connectivity index (χ1) is 11.3. The predicted octanol–water partition coefficient (Wildman–Crippen LogP) is 2.14. The van der Waals surface area contributed by atoms with Gasteiger partial charge in [0.05, 0.1) is 12.6 Å². The Kier molecular flexibility index (Phi) is 5.37. The molecule has 6 heteroatoms. The van der Waals surface area contributed by atoms with Crippen molar-refractivity contribution >= 4 is 11.6 Å². The number of rotatable bonds is 6. The van der Waals surface area contributed by atoms with E-state index in [2.05, 4.69) is 25.2 Å². The van der Waals surface area contributed by atoms with E-state index in [1.54, 1.807) is 6.33 Å². The van der Waals surface area contributed by atoms with E-state index in [1.165, 1.54) is 0 Å². The second kappa shape index (κ2) is 7.87. The van der Waals surface area contributed by atoms with Gasteiger partial charge in [-0.05, 0) is 25.0 Å². The molecule has 3 rings (SSSR count). The minimum Gasteiger partial charge on any atom is -0.379 e. The Morgan fingerprint density at radius 3 is 3.04 bits per heavy atom. The molecule has 0 amide bonds. The standard InChI is InChI=1S/C17H23N5O/c1-22(9-7-14-5-2-3-8-18-14)17-11-16(19-13-20-17)21-15-6-4-10-23-12-15/h2-3,5,8,11,13,15H,4,6-7,9-10,12H2,1H3,(H,19,20,21). The van der Waals surface area contributed by atoms with E-state index in [4.69, 9.17) is 4.74 Å². The quantitative estimate of drug-likeness (QED) is 0.881. The van der Waals surface area contributed by atoms with Crippen LogP contribution in [0.2, 0.25) is 0 Å². The van der Waals surface area contributed by atoms with Gasteiger partial charge in [0.1, 0.15) is 18.0 Å². The lowest BCUT2D eigenvalue weighted by Gasteiger charge is -2.24. The Bertz CT molecular complexity index is 601. The lowest BCUT2D eigenvalue weighted by Crippen LogP contribution is -2.30. The molecule has 1 fully saturated rings. The van der Waals surface area contributed by atoms with Gasteiger partial charge in [-0.1, -0.05) is 6.07 Å². The molecule has 2 aromatic rings. The highest BCUT2D eigenvalue weighted by Gasteiger charge is 2.14. The first kappa shape index (κ1) is 15.7. The van der Waals surface area contributed by atoms with Crippen molar-refractivity contribution in [2.24, 2.45) is 0 Å². The number of aromatic nitrogens is 3. The minimum atomic E-state index is 0.338. The topological polar surface area (TPSA) is 63.2 Å². The summed E-state index contributed by atoms with van der Waals surface area (Å²) in [4.78, 5) is 15.2. The van der Waals surface area contributed by atoms with Crippen LogP contribution >= 0.6 is 0 Å². The fourth-order valence-corrected chi connectivity index (χ4v) is 2.64. The number of nitrogens with zero attached hydrogens (tertiary/aromatic N) is 4. The van der Waals surface area contributed by atoms with Crippen LogP contribution < -0.4 is 10.2 Å². The molecule has 0 spiro atoms. The van der Waals surface area contributed by atoms with Crippen LogP contribution in [0.4, 0.5) is 11.6 Å². The molecule has 0 radical (unpaired) electrons. The summed E-state index contributed by atoms with van der Waals surface area (Å²) >= 11 is 0. The van der Waals surface area contributed by atoms with E-state index in [0.717, 1.165) is 56.4 Å². The van der Waals surface area contributed by atoms with Crippen molar-refractivity contribution in [2.75, 3.05) is 37.0 Å². The van der Waals surface area contributed by atoms with E-state index < -0.39 is 0 Å². The molecule has 23 heavy (non-hydrogen) atoms. The van der Waals surface area contributed by atoms with Gasteiger partial charge >= 0.3 is 0 Å². The molecule has 1 N–H and O–H groups in total. The molecule has 1 aliphatic rings. The largest absolute Gasteiger partial charge is 0.379 e. The molecular formula is C17H23N5O. The van der Waals surface area contributed by atoms with Crippen molar-refractivity contribution in [1.82, 2.24) is 15.0 Å². The molecule has 1 atom stereocenters. The van der Waals surface area contributed by atoms with Crippen LogP contribution in [-0.4, -0.2) is 47.8 Å². The van der Waals surface area contributed by atoms with Crippen molar-refractivity contribution in [1.29, 1.82) is 0 Å². The Labute approximate surface area is 136 Å². The average molecular weight is 313 g/mol. The van der Waals surface area contributed by atoms with Gasteiger partial charge in [0.15, 0.2) is 0 Å². The molecule has 0 aliphatic carbocycles. The summed E-state index contributed by atoms with van der Waals surface area (Å²) in [6.45, 7) is 2.47. The second-order valence-electron chi connectivity index (χ2n) is 5.81. The number of likely N-dealkylation sites (N-methyl/N-ethyl adjacent to an activating group) is 1. The highest BCUT2D eigenvalue weighted by atomic mass is 16.5. The lowest BCUT2D eigenvalue weighted by atomic mass is 10.1. The fraction of sp³-hybridized carbons (Fsp3) is 0.471. The summed E-state index contributed by atoms with van der Waals surface area (Å²) < 4.78 is 5.50. The molecule has 122 valence electrons. The second-order valence-corrected chi connectivity index (χ2v) is 5.81. The summed E-state index contributed by atoms with van der Waals surface area (Å²) in [5, 5.41) is 3.43. The summed E-state index contributed by atoms with van der Waals surface area (Å²) in [6.07, 6.45) is 6.54. The summed E-state index contributed by atoms with van der Waals surface area (Å²) in [5.74, 6) is 1.77. The molecule has 1 aliphatic heterocycles. The van der Waals surface area contributed by atoms with Gasteiger partial charge in [-0.25, -0.2) is 9.97 Å². The molecule has 1 unspecified atom stereocenters. The van der Waals surface area contributed by atoms with Gasteiger partial charge in [-0.2, -0.15) is 0 Å². The Hall–Kier alpha value is -2.21. The minimum absolute atomic E-state index is 0.338. The summed E-state index contributed by atoms with van der Waals surface area (Å²) in [6, 6.07) is 8.33. The van der Waals surface area contributed by atoms with Crippen LogP contribution in [0.15, 0.2) is 36.8 Å². The predicted molar refractivity (Wildman–Crippen MR) is 90.7 cm³/mol. The number of anilines is 2. The van der Waals surface area contributed by atoms with Gasteiger partial charge in [0.25, 0.3) is 0 Å². The monoisotopic (exact) mass is 313 g/mol. The van der Waals surface area contributed by atoms with Gasteiger partial charge in [0.2, 0.25) is 0 Å². The summed E-state index contributed by atoms with van der Waals surface area (Å²) in [5.41, 5.74) is 1.09. The lowest BCUT2D eigenvalue weighted by molar-refractivity contribution is 0.0875. The van der Waals surface area contributed by atoms with Crippen molar-refractivity contribution in [3.05, 3.63) is 42.5 Å². The van der Waals surface area contributed by atoms with E-state index in [0.29, 0.717) is 6.04 Å². The number of nitrogens with one attached hydrogen (secondary N) is 1. The van der Waals surface area contributed by atoms with Gasteiger partial charge < -0.3 is 15.0 Å². The van der Waals surface area contributed by atoms with E-state index in [1.807, 2.05) is 37.5 Å². The third-order valence-corrected chi connectivity index (χ3v) is 3.99.